The van der Waals surface area contributed by atoms with Gasteiger partial charge in [0.25, 0.3) is 0 Å². The lowest BCUT2D eigenvalue weighted by atomic mass is 10.2. The van der Waals surface area contributed by atoms with Gasteiger partial charge in [0, 0.05) is 6.07 Å². The van der Waals surface area contributed by atoms with Crippen molar-refractivity contribution in [1.82, 2.24) is 0 Å². The van der Waals surface area contributed by atoms with Gasteiger partial charge in [-0.2, -0.15) is 0 Å². The highest BCUT2D eigenvalue weighted by atomic mass is 35.5. The van der Waals surface area contributed by atoms with Crippen LogP contribution < -0.4 is 10.1 Å². The number of hydrogen-bond acceptors (Lipinski definition) is 4. The van der Waals surface area contributed by atoms with E-state index < -0.39 is 5.97 Å². The fraction of sp³-hybridized carbons (Fsp3) is 0.200. The Kier molecular flexibility index (Phi) is 4.13. The number of halogens is 1. The molecule has 0 heterocycles. The first-order valence-electron chi connectivity index (χ1n) is 4.30. The van der Waals surface area contributed by atoms with Gasteiger partial charge in [-0.1, -0.05) is 11.6 Å². The van der Waals surface area contributed by atoms with Crippen LogP contribution in [0.2, 0.25) is 5.02 Å². The van der Waals surface area contributed by atoms with Gasteiger partial charge in [0.15, 0.2) is 0 Å². The summed E-state index contributed by atoms with van der Waals surface area (Å²) in [5.74, 6) is -0.281. The Morgan fingerprint density at radius 1 is 1.44 bits per heavy atom. The molecule has 0 bridgehead atoms. The van der Waals surface area contributed by atoms with E-state index in [-0.39, 0.29) is 16.3 Å². The SMILES string of the molecule is COC(=O)c1cc(Cl)c(NC=O)cc1OC. The molecule has 0 aromatic heterocycles. The topological polar surface area (TPSA) is 64.6 Å². The molecular formula is C10H10ClNO4. The molecule has 0 spiro atoms. The zero-order valence-electron chi connectivity index (χ0n) is 8.74. The van der Waals surface area contributed by atoms with Crippen LogP contribution in [0.3, 0.4) is 0 Å². The van der Waals surface area contributed by atoms with E-state index in [9.17, 15) is 9.59 Å². The van der Waals surface area contributed by atoms with Crippen molar-refractivity contribution in [1.29, 1.82) is 0 Å². The fourth-order valence-corrected chi connectivity index (χ4v) is 1.38. The third-order valence-electron chi connectivity index (χ3n) is 1.91. The van der Waals surface area contributed by atoms with Crippen LogP contribution in [-0.4, -0.2) is 26.6 Å². The van der Waals surface area contributed by atoms with Crippen LogP contribution in [0.15, 0.2) is 12.1 Å². The van der Waals surface area contributed by atoms with Gasteiger partial charge in [0.05, 0.1) is 24.9 Å². The summed E-state index contributed by atoms with van der Waals surface area (Å²) in [6.07, 6.45) is 0.485. The van der Waals surface area contributed by atoms with Crippen molar-refractivity contribution in [3.8, 4) is 5.75 Å². The van der Waals surface area contributed by atoms with Crippen molar-refractivity contribution in [2.24, 2.45) is 0 Å². The number of hydrogen-bond donors (Lipinski definition) is 1. The maximum absolute atomic E-state index is 11.4. The summed E-state index contributed by atoms with van der Waals surface area (Å²) < 4.78 is 9.56. The molecule has 0 saturated carbocycles. The van der Waals surface area contributed by atoms with Gasteiger partial charge in [0.1, 0.15) is 11.3 Å². The molecule has 86 valence electrons. The lowest BCUT2D eigenvalue weighted by molar-refractivity contribution is -0.105. The Balaban J connectivity index is 3.25. The number of nitrogens with one attached hydrogen (secondary N) is 1. The number of anilines is 1. The van der Waals surface area contributed by atoms with E-state index in [1.54, 1.807) is 0 Å². The van der Waals surface area contributed by atoms with Gasteiger partial charge in [-0.15, -0.1) is 0 Å². The molecule has 1 amide bonds. The zero-order valence-corrected chi connectivity index (χ0v) is 9.50. The summed E-state index contributed by atoms with van der Waals surface area (Å²) in [4.78, 5) is 21.7. The highest BCUT2D eigenvalue weighted by Gasteiger charge is 2.15. The van der Waals surface area contributed by atoms with E-state index in [1.165, 1.54) is 26.4 Å². The predicted molar refractivity (Wildman–Crippen MR) is 59.0 cm³/mol. The Bertz CT molecular complexity index is 420. The van der Waals surface area contributed by atoms with Crippen LogP contribution >= 0.6 is 11.6 Å². The van der Waals surface area contributed by atoms with E-state index in [1.807, 2.05) is 0 Å². The number of carbonyl (C=O) groups excluding carboxylic acids is 2. The molecule has 16 heavy (non-hydrogen) atoms. The standard InChI is InChI=1S/C10H10ClNO4/c1-15-9-4-8(12-5-13)7(11)3-6(9)10(14)16-2/h3-5H,1-2H3,(H,12,13). The molecule has 6 heteroatoms. The van der Waals surface area contributed by atoms with Crippen molar-refractivity contribution < 1.29 is 19.1 Å². The molecule has 0 radical (unpaired) electrons. The summed E-state index contributed by atoms with van der Waals surface area (Å²) >= 11 is 5.85. The molecule has 0 fully saturated rings. The van der Waals surface area contributed by atoms with E-state index in [0.29, 0.717) is 12.1 Å². The lowest BCUT2D eigenvalue weighted by Gasteiger charge is -2.10. The normalized spacial score (nSPS) is 9.44. The van der Waals surface area contributed by atoms with E-state index in [2.05, 4.69) is 10.1 Å². The summed E-state index contributed by atoms with van der Waals surface area (Å²) in [5.41, 5.74) is 0.563. The van der Waals surface area contributed by atoms with Crippen molar-refractivity contribution in [3.63, 3.8) is 0 Å². The van der Waals surface area contributed by atoms with Gasteiger partial charge in [-0.3, -0.25) is 4.79 Å². The first-order chi connectivity index (χ1) is 7.63. The summed E-state index contributed by atoms with van der Waals surface area (Å²) in [5, 5.41) is 2.62. The fourth-order valence-electron chi connectivity index (χ4n) is 1.17. The first-order valence-corrected chi connectivity index (χ1v) is 4.67. The van der Waals surface area contributed by atoms with Gasteiger partial charge < -0.3 is 14.8 Å². The second-order valence-corrected chi connectivity index (χ2v) is 3.19. The molecular weight excluding hydrogens is 234 g/mol. The number of benzene rings is 1. The van der Waals surface area contributed by atoms with Gasteiger partial charge in [-0.05, 0) is 6.07 Å². The average Bonchev–Trinajstić information content (AvgIpc) is 2.30. The summed E-state index contributed by atoms with van der Waals surface area (Å²) in [7, 11) is 2.66. The molecule has 1 N–H and O–H groups in total. The minimum absolute atomic E-state index is 0.200. The molecule has 0 aliphatic rings. The number of methoxy groups -OCH3 is 2. The second-order valence-electron chi connectivity index (χ2n) is 2.79. The molecule has 0 unspecified atom stereocenters. The minimum atomic E-state index is -0.559. The molecule has 0 atom stereocenters. The molecule has 0 aliphatic carbocycles. The zero-order chi connectivity index (χ0) is 12.1. The molecule has 1 aromatic rings. The number of amides is 1. The van der Waals surface area contributed by atoms with Crippen molar-refractivity contribution >= 4 is 29.7 Å². The quantitative estimate of drug-likeness (QED) is 0.646. The third kappa shape index (κ3) is 2.43. The monoisotopic (exact) mass is 243 g/mol. The highest BCUT2D eigenvalue weighted by Crippen LogP contribution is 2.30. The van der Waals surface area contributed by atoms with Gasteiger partial charge in [0.2, 0.25) is 6.41 Å². The molecule has 0 aliphatic heterocycles. The number of ether oxygens (including phenoxy) is 2. The van der Waals surface area contributed by atoms with Crippen LogP contribution in [0.25, 0.3) is 0 Å². The molecule has 1 aromatic carbocycles. The molecule has 0 saturated heterocycles. The van der Waals surface area contributed by atoms with Crippen molar-refractivity contribution in [2.45, 2.75) is 0 Å². The van der Waals surface area contributed by atoms with E-state index in [0.717, 1.165) is 0 Å². The minimum Gasteiger partial charge on any atom is -0.496 e. The molecule has 1 rings (SSSR count). The lowest BCUT2D eigenvalue weighted by Crippen LogP contribution is -2.05. The number of rotatable bonds is 4. The second kappa shape index (κ2) is 5.37. The highest BCUT2D eigenvalue weighted by molar-refractivity contribution is 6.34. The Hall–Kier alpha value is -1.75. The van der Waals surface area contributed by atoms with Crippen LogP contribution in [0.1, 0.15) is 10.4 Å². The maximum Gasteiger partial charge on any atom is 0.341 e. The van der Waals surface area contributed by atoms with E-state index >= 15 is 0 Å². The Morgan fingerprint density at radius 2 is 2.12 bits per heavy atom. The summed E-state index contributed by atoms with van der Waals surface area (Å²) in [6, 6.07) is 2.82. The predicted octanol–water partition coefficient (Wildman–Crippen LogP) is 1.70. The van der Waals surface area contributed by atoms with E-state index in [4.69, 9.17) is 16.3 Å². The van der Waals surface area contributed by atoms with Gasteiger partial charge in [-0.25, -0.2) is 4.79 Å². The maximum atomic E-state index is 11.4. The summed E-state index contributed by atoms with van der Waals surface area (Å²) in [6.45, 7) is 0. The largest absolute Gasteiger partial charge is 0.496 e. The average molecular weight is 244 g/mol. The van der Waals surface area contributed by atoms with Crippen molar-refractivity contribution in [2.75, 3.05) is 19.5 Å². The van der Waals surface area contributed by atoms with Crippen LogP contribution in [-0.2, 0) is 9.53 Å². The third-order valence-corrected chi connectivity index (χ3v) is 2.22. The van der Waals surface area contributed by atoms with Crippen molar-refractivity contribution in [3.05, 3.63) is 22.7 Å². The van der Waals surface area contributed by atoms with Gasteiger partial charge >= 0.3 is 5.97 Å². The smallest absolute Gasteiger partial charge is 0.341 e. The Labute approximate surface area is 97.3 Å². The van der Waals surface area contributed by atoms with Crippen LogP contribution in [0.5, 0.6) is 5.75 Å². The Morgan fingerprint density at radius 3 is 2.62 bits per heavy atom. The van der Waals surface area contributed by atoms with Crippen LogP contribution in [0.4, 0.5) is 5.69 Å². The molecule has 5 nitrogen and oxygen atoms in total. The number of esters is 1. The number of carbonyl (C=O) groups is 2. The first kappa shape index (κ1) is 12.3. The van der Waals surface area contributed by atoms with Crippen LogP contribution in [0, 0.1) is 0 Å².